The van der Waals surface area contributed by atoms with E-state index in [-0.39, 0.29) is 24.8 Å². The highest BCUT2D eigenvalue weighted by molar-refractivity contribution is 5.85. The highest BCUT2D eigenvalue weighted by Gasteiger charge is 2.36. The predicted octanol–water partition coefficient (Wildman–Crippen LogP) is 2.90. The summed E-state index contributed by atoms with van der Waals surface area (Å²) in [5.41, 5.74) is 1.43. The average Bonchev–Trinajstić information content (AvgIpc) is 3.25. The second-order valence-electron chi connectivity index (χ2n) is 5.34. The van der Waals surface area contributed by atoms with Crippen LogP contribution in [-0.4, -0.2) is 38.2 Å². The fourth-order valence-corrected chi connectivity index (χ4v) is 2.98. The number of ether oxygens (including phenoxy) is 1. The molecule has 1 aromatic rings. The van der Waals surface area contributed by atoms with E-state index in [9.17, 15) is 0 Å². The Morgan fingerprint density at radius 1 is 1.20 bits per heavy atom. The van der Waals surface area contributed by atoms with Crippen molar-refractivity contribution in [2.45, 2.75) is 18.9 Å². The van der Waals surface area contributed by atoms with Gasteiger partial charge in [-0.15, -0.1) is 24.8 Å². The van der Waals surface area contributed by atoms with Crippen LogP contribution in [0.1, 0.15) is 24.4 Å². The van der Waals surface area contributed by atoms with Crippen LogP contribution in [0.2, 0.25) is 0 Å². The van der Waals surface area contributed by atoms with Gasteiger partial charge in [0, 0.05) is 32.2 Å². The largest absolute Gasteiger partial charge is 0.497 e. The molecule has 1 saturated heterocycles. The van der Waals surface area contributed by atoms with Gasteiger partial charge in [-0.2, -0.15) is 0 Å². The van der Waals surface area contributed by atoms with Crippen molar-refractivity contribution in [2.75, 3.05) is 33.3 Å². The number of methoxy groups -OCH3 is 1. The van der Waals surface area contributed by atoms with E-state index in [0.29, 0.717) is 6.04 Å². The lowest BCUT2D eigenvalue weighted by Crippen LogP contribution is -2.45. The SMILES string of the molecule is COc1cccc([C@@H](C2CC2)N2CCNCC2)c1.Cl.Cl. The van der Waals surface area contributed by atoms with E-state index in [4.69, 9.17) is 4.74 Å². The molecule has 0 spiro atoms. The lowest BCUT2D eigenvalue weighted by molar-refractivity contribution is 0.156. The Labute approximate surface area is 133 Å². The first-order chi connectivity index (χ1) is 8.88. The minimum absolute atomic E-state index is 0. The fraction of sp³-hybridized carbons (Fsp3) is 0.600. The number of piperazine rings is 1. The summed E-state index contributed by atoms with van der Waals surface area (Å²) in [7, 11) is 1.75. The topological polar surface area (TPSA) is 24.5 Å². The predicted molar refractivity (Wildman–Crippen MR) is 87.4 cm³/mol. The summed E-state index contributed by atoms with van der Waals surface area (Å²) in [6, 6.07) is 9.22. The lowest BCUT2D eigenvalue weighted by Gasteiger charge is -2.35. The van der Waals surface area contributed by atoms with Crippen molar-refractivity contribution in [1.29, 1.82) is 0 Å². The maximum absolute atomic E-state index is 5.36. The summed E-state index contributed by atoms with van der Waals surface area (Å²) < 4.78 is 5.36. The summed E-state index contributed by atoms with van der Waals surface area (Å²) in [4.78, 5) is 2.64. The van der Waals surface area contributed by atoms with Crippen molar-refractivity contribution in [3.8, 4) is 5.75 Å². The minimum atomic E-state index is 0. The number of benzene rings is 1. The van der Waals surface area contributed by atoms with Crippen molar-refractivity contribution in [3.63, 3.8) is 0 Å². The number of hydrogen-bond donors (Lipinski definition) is 1. The molecule has 1 N–H and O–H groups in total. The van der Waals surface area contributed by atoms with Gasteiger partial charge < -0.3 is 10.1 Å². The van der Waals surface area contributed by atoms with Crippen LogP contribution in [0, 0.1) is 5.92 Å². The number of rotatable bonds is 4. The van der Waals surface area contributed by atoms with E-state index >= 15 is 0 Å². The van der Waals surface area contributed by atoms with E-state index in [1.807, 2.05) is 6.07 Å². The first-order valence-electron chi connectivity index (χ1n) is 6.97. The van der Waals surface area contributed by atoms with Crippen LogP contribution in [-0.2, 0) is 0 Å². The molecule has 1 aliphatic heterocycles. The molecule has 114 valence electrons. The Balaban J connectivity index is 0.000001000. The molecule has 3 nitrogen and oxygen atoms in total. The van der Waals surface area contributed by atoms with E-state index in [2.05, 4.69) is 28.4 Å². The molecule has 1 atom stereocenters. The Hall–Kier alpha value is -0.480. The molecular weight excluding hydrogens is 295 g/mol. The van der Waals surface area contributed by atoms with Crippen LogP contribution in [0.15, 0.2) is 24.3 Å². The molecule has 1 heterocycles. The lowest BCUT2D eigenvalue weighted by atomic mass is 9.99. The standard InChI is InChI=1S/C15H22N2O.2ClH/c1-18-14-4-2-3-13(11-14)15(12-5-6-12)17-9-7-16-8-10-17;;/h2-4,11-12,15-16H,5-10H2,1H3;2*1H/t15-;;/m1../s1. The van der Waals surface area contributed by atoms with Crippen LogP contribution in [0.4, 0.5) is 0 Å². The summed E-state index contributed by atoms with van der Waals surface area (Å²) in [6.07, 6.45) is 2.76. The Morgan fingerprint density at radius 2 is 1.90 bits per heavy atom. The van der Waals surface area contributed by atoms with Gasteiger partial charge in [-0.25, -0.2) is 0 Å². The molecule has 0 radical (unpaired) electrons. The van der Waals surface area contributed by atoms with E-state index in [0.717, 1.165) is 24.8 Å². The number of nitrogens with one attached hydrogen (secondary N) is 1. The second kappa shape index (κ2) is 8.08. The summed E-state index contributed by atoms with van der Waals surface area (Å²) in [5, 5.41) is 3.44. The molecule has 2 aliphatic rings. The maximum atomic E-state index is 5.36. The van der Waals surface area contributed by atoms with Crippen molar-refractivity contribution >= 4 is 24.8 Å². The summed E-state index contributed by atoms with van der Waals surface area (Å²) >= 11 is 0. The van der Waals surface area contributed by atoms with Gasteiger partial charge in [-0.3, -0.25) is 4.90 Å². The van der Waals surface area contributed by atoms with Gasteiger partial charge in [0.15, 0.2) is 0 Å². The summed E-state index contributed by atoms with van der Waals surface area (Å²) in [5.74, 6) is 1.84. The minimum Gasteiger partial charge on any atom is -0.497 e. The number of halogens is 2. The molecule has 5 heteroatoms. The van der Waals surface area contributed by atoms with Crippen molar-refractivity contribution in [2.24, 2.45) is 5.92 Å². The third-order valence-electron chi connectivity index (χ3n) is 4.05. The first-order valence-corrected chi connectivity index (χ1v) is 6.97. The zero-order chi connectivity index (χ0) is 12.4. The molecule has 1 aromatic carbocycles. The van der Waals surface area contributed by atoms with Crippen molar-refractivity contribution < 1.29 is 4.74 Å². The molecule has 0 aromatic heterocycles. The van der Waals surface area contributed by atoms with Gasteiger partial charge in [-0.1, -0.05) is 12.1 Å². The molecule has 1 aliphatic carbocycles. The van der Waals surface area contributed by atoms with Gasteiger partial charge in [-0.05, 0) is 36.5 Å². The molecule has 0 bridgehead atoms. The van der Waals surface area contributed by atoms with Crippen molar-refractivity contribution in [3.05, 3.63) is 29.8 Å². The zero-order valence-corrected chi connectivity index (χ0v) is 13.5. The Bertz CT molecular complexity index is 407. The maximum Gasteiger partial charge on any atom is 0.119 e. The monoisotopic (exact) mass is 318 g/mol. The highest BCUT2D eigenvalue weighted by atomic mass is 35.5. The van der Waals surface area contributed by atoms with Gasteiger partial charge in [0.2, 0.25) is 0 Å². The van der Waals surface area contributed by atoms with Gasteiger partial charge >= 0.3 is 0 Å². The molecule has 3 rings (SSSR count). The zero-order valence-electron chi connectivity index (χ0n) is 11.9. The Kier molecular flexibility index (Phi) is 7.10. The second-order valence-corrected chi connectivity index (χ2v) is 5.34. The van der Waals surface area contributed by atoms with Crippen LogP contribution in [0.3, 0.4) is 0 Å². The smallest absolute Gasteiger partial charge is 0.119 e. The van der Waals surface area contributed by atoms with Gasteiger partial charge in [0.05, 0.1) is 7.11 Å². The Morgan fingerprint density at radius 3 is 2.50 bits per heavy atom. The van der Waals surface area contributed by atoms with Crippen LogP contribution in [0.5, 0.6) is 5.75 Å². The third-order valence-corrected chi connectivity index (χ3v) is 4.05. The van der Waals surface area contributed by atoms with Gasteiger partial charge in [0.25, 0.3) is 0 Å². The van der Waals surface area contributed by atoms with Crippen LogP contribution < -0.4 is 10.1 Å². The molecule has 0 unspecified atom stereocenters. The highest BCUT2D eigenvalue weighted by Crippen LogP contribution is 2.45. The molecule has 20 heavy (non-hydrogen) atoms. The molecule has 0 amide bonds. The molecular formula is C15H24Cl2N2O. The average molecular weight is 319 g/mol. The first kappa shape index (κ1) is 17.6. The number of nitrogens with zero attached hydrogens (tertiary/aromatic N) is 1. The van der Waals surface area contributed by atoms with Crippen LogP contribution >= 0.6 is 24.8 Å². The van der Waals surface area contributed by atoms with Crippen LogP contribution in [0.25, 0.3) is 0 Å². The van der Waals surface area contributed by atoms with E-state index in [1.165, 1.54) is 31.5 Å². The molecule has 2 fully saturated rings. The number of hydrogen-bond acceptors (Lipinski definition) is 3. The summed E-state index contributed by atoms with van der Waals surface area (Å²) in [6.45, 7) is 4.57. The van der Waals surface area contributed by atoms with E-state index in [1.54, 1.807) is 7.11 Å². The quantitative estimate of drug-likeness (QED) is 0.923. The van der Waals surface area contributed by atoms with E-state index < -0.39 is 0 Å². The van der Waals surface area contributed by atoms with Crippen molar-refractivity contribution in [1.82, 2.24) is 10.2 Å². The van der Waals surface area contributed by atoms with Gasteiger partial charge in [0.1, 0.15) is 5.75 Å². The fourth-order valence-electron chi connectivity index (χ4n) is 2.98. The third kappa shape index (κ3) is 4.01. The molecule has 1 saturated carbocycles. The normalized spacial score (nSPS) is 20.4.